The normalized spacial score (nSPS) is 10.3. The maximum atomic E-state index is 11.9. The minimum Gasteiger partial charge on any atom is -0.384 e. The number of anilines is 1. The number of hydrogen-bond acceptors (Lipinski definition) is 4. The van der Waals surface area contributed by atoms with Gasteiger partial charge in [0, 0.05) is 35.9 Å². The van der Waals surface area contributed by atoms with E-state index in [2.05, 4.69) is 10.3 Å². The second-order valence-corrected chi connectivity index (χ2v) is 5.51. The fraction of sp³-hybridized carbons (Fsp3) is 0.231. The molecular formula is C13H13ClN2OS. The van der Waals surface area contributed by atoms with Crippen LogP contribution in [0.15, 0.2) is 30.6 Å². The number of carbonyl (C=O) groups excluding carboxylic acids is 1. The van der Waals surface area contributed by atoms with Gasteiger partial charge in [-0.1, -0.05) is 11.6 Å². The van der Waals surface area contributed by atoms with Crippen LogP contribution in [0.5, 0.6) is 0 Å². The van der Waals surface area contributed by atoms with Gasteiger partial charge in [0.1, 0.15) is 0 Å². The first kappa shape index (κ1) is 13.1. The Morgan fingerprint density at radius 3 is 2.78 bits per heavy atom. The zero-order chi connectivity index (χ0) is 13.0. The molecule has 0 radical (unpaired) electrons. The molecule has 2 aromatic rings. The number of carbonyl (C=O) groups is 1. The van der Waals surface area contributed by atoms with E-state index < -0.39 is 0 Å². The summed E-state index contributed by atoms with van der Waals surface area (Å²) in [4.78, 5) is 17.5. The van der Waals surface area contributed by atoms with Gasteiger partial charge in [0.2, 0.25) is 0 Å². The highest BCUT2D eigenvalue weighted by Gasteiger charge is 2.10. The minimum atomic E-state index is 0.122. The molecule has 94 valence electrons. The molecule has 2 rings (SSSR count). The van der Waals surface area contributed by atoms with Gasteiger partial charge < -0.3 is 5.32 Å². The summed E-state index contributed by atoms with van der Waals surface area (Å²) < 4.78 is 0. The van der Waals surface area contributed by atoms with Gasteiger partial charge >= 0.3 is 0 Å². The van der Waals surface area contributed by atoms with E-state index in [1.807, 2.05) is 19.1 Å². The summed E-state index contributed by atoms with van der Waals surface area (Å²) in [6.45, 7) is 2.52. The van der Waals surface area contributed by atoms with Gasteiger partial charge in [-0.2, -0.15) is 0 Å². The number of rotatable bonds is 5. The summed E-state index contributed by atoms with van der Waals surface area (Å²) in [7, 11) is 0. The Hall–Kier alpha value is -1.39. The van der Waals surface area contributed by atoms with E-state index >= 15 is 0 Å². The lowest BCUT2D eigenvalue weighted by Crippen LogP contribution is -2.07. The summed E-state index contributed by atoms with van der Waals surface area (Å²) in [5.41, 5.74) is 0.971. The number of pyridine rings is 1. The predicted octanol–water partition coefficient (Wildman–Crippen LogP) is 3.79. The number of nitrogens with one attached hydrogen (secondary N) is 1. The van der Waals surface area contributed by atoms with E-state index in [1.165, 1.54) is 11.3 Å². The molecule has 0 saturated heterocycles. The topological polar surface area (TPSA) is 42.0 Å². The van der Waals surface area contributed by atoms with Crippen LogP contribution in [0.4, 0.5) is 5.69 Å². The first-order valence-electron chi connectivity index (χ1n) is 5.60. The molecule has 2 aromatic heterocycles. The first-order chi connectivity index (χ1) is 8.66. The Morgan fingerprint density at radius 1 is 1.44 bits per heavy atom. The summed E-state index contributed by atoms with van der Waals surface area (Å²) in [5, 5.41) is 3.85. The van der Waals surface area contributed by atoms with Crippen molar-refractivity contribution in [2.45, 2.75) is 13.3 Å². The highest BCUT2D eigenvalue weighted by molar-refractivity contribution is 7.14. The van der Waals surface area contributed by atoms with Gasteiger partial charge in [0.25, 0.3) is 0 Å². The lowest BCUT2D eigenvalue weighted by atomic mass is 10.2. The highest BCUT2D eigenvalue weighted by Crippen LogP contribution is 2.26. The zero-order valence-corrected chi connectivity index (χ0v) is 11.5. The standard InChI is InChI=1S/C13H13ClN2OS/c1-9-11(14)8-13(18-9)12(17)4-7-16-10-2-5-15-6-3-10/h2-3,5-6,8H,4,7H2,1H3,(H,15,16). The molecule has 0 aliphatic heterocycles. The van der Waals surface area contributed by atoms with Crippen molar-refractivity contribution in [2.75, 3.05) is 11.9 Å². The quantitative estimate of drug-likeness (QED) is 0.847. The van der Waals surface area contributed by atoms with Gasteiger partial charge in [-0.3, -0.25) is 9.78 Å². The molecule has 0 bridgehead atoms. The van der Waals surface area contributed by atoms with Gasteiger partial charge in [-0.15, -0.1) is 11.3 Å². The lowest BCUT2D eigenvalue weighted by Gasteiger charge is -2.04. The van der Waals surface area contributed by atoms with Gasteiger partial charge in [0.15, 0.2) is 5.78 Å². The monoisotopic (exact) mass is 280 g/mol. The van der Waals surface area contributed by atoms with E-state index in [4.69, 9.17) is 11.6 Å². The van der Waals surface area contributed by atoms with Crippen LogP contribution in [-0.2, 0) is 0 Å². The molecule has 0 saturated carbocycles. The Labute approximate surface area is 115 Å². The number of aromatic nitrogens is 1. The number of halogens is 1. The smallest absolute Gasteiger partial charge is 0.174 e. The van der Waals surface area contributed by atoms with Crippen molar-refractivity contribution in [2.24, 2.45) is 0 Å². The molecule has 0 aliphatic carbocycles. The van der Waals surface area contributed by atoms with Gasteiger partial charge in [-0.25, -0.2) is 0 Å². The van der Waals surface area contributed by atoms with Crippen molar-refractivity contribution >= 4 is 34.4 Å². The average molecular weight is 281 g/mol. The van der Waals surface area contributed by atoms with E-state index in [-0.39, 0.29) is 5.78 Å². The van der Waals surface area contributed by atoms with E-state index in [0.29, 0.717) is 18.0 Å². The first-order valence-corrected chi connectivity index (χ1v) is 6.79. The third-order valence-electron chi connectivity index (χ3n) is 2.49. The molecule has 0 aromatic carbocycles. The van der Waals surface area contributed by atoms with Crippen molar-refractivity contribution in [3.05, 3.63) is 45.4 Å². The second kappa shape index (κ2) is 5.98. The van der Waals surface area contributed by atoms with Crippen molar-refractivity contribution < 1.29 is 4.79 Å². The van der Waals surface area contributed by atoms with Crippen LogP contribution in [-0.4, -0.2) is 17.3 Å². The lowest BCUT2D eigenvalue weighted by molar-refractivity contribution is 0.0990. The van der Waals surface area contributed by atoms with Crippen LogP contribution in [0.3, 0.4) is 0 Å². The van der Waals surface area contributed by atoms with Crippen LogP contribution in [0.2, 0.25) is 5.02 Å². The Bertz CT molecular complexity index is 520. The van der Waals surface area contributed by atoms with E-state index in [0.717, 1.165) is 15.4 Å². The molecule has 0 atom stereocenters. The van der Waals surface area contributed by atoms with Crippen LogP contribution in [0.1, 0.15) is 21.0 Å². The zero-order valence-electron chi connectivity index (χ0n) is 9.94. The third-order valence-corrected chi connectivity index (χ3v) is 4.09. The number of Topliss-reactive ketones (excluding diaryl/α,β-unsaturated/α-hetero) is 1. The third kappa shape index (κ3) is 3.31. The number of ketones is 1. The van der Waals surface area contributed by atoms with Crippen LogP contribution < -0.4 is 5.32 Å². The highest BCUT2D eigenvalue weighted by atomic mass is 35.5. The number of thiophene rings is 1. The molecular weight excluding hydrogens is 268 g/mol. The molecule has 18 heavy (non-hydrogen) atoms. The fourth-order valence-corrected chi connectivity index (χ4v) is 2.68. The Kier molecular flexibility index (Phi) is 4.33. The number of nitrogens with zero attached hydrogens (tertiary/aromatic N) is 1. The average Bonchev–Trinajstić information content (AvgIpc) is 2.71. The molecule has 5 heteroatoms. The minimum absolute atomic E-state index is 0.122. The van der Waals surface area contributed by atoms with Crippen molar-refractivity contribution in [1.29, 1.82) is 0 Å². The Balaban J connectivity index is 1.85. The van der Waals surface area contributed by atoms with Crippen LogP contribution >= 0.6 is 22.9 Å². The summed E-state index contributed by atoms with van der Waals surface area (Å²) in [5.74, 6) is 0.122. The summed E-state index contributed by atoms with van der Waals surface area (Å²) >= 11 is 7.39. The van der Waals surface area contributed by atoms with Crippen LogP contribution in [0.25, 0.3) is 0 Å². The maximum absolute atomic E-state index is 11.9. The summed E-state index contributed by atoms with van der Waals surface area (Å²) in [6.07, 6.45) is 3.89. The molecule has 2 heterocycles. The molecule has 0 amide bonds. The van der Waals surface area contributed by atoms with Crippen molar-refractivity contribution in [3.63, 3.8) is 0 Å². The van der Waals surface area contributed by atoms with Gasteiger partial charge in [-0.05, 0) is 25.1 Å². The maximum Gasteiger partial charge on any atom is 0.174 e. The molecule has 3 nitrogen and oxygen atoms in total. The molecule has 0 unspecified atom stereocenters. The van der Waals surface area contributed by atoms with E-state index in [9.17, 15) is 4.79 Å². The second-order valence-electron chi connectivity index (χ2n) is 3.85. The Morgan fingerprint density at radius 2 is 2.17 bits per heavy atom. The molecule has 0 aliphatic rings. The van der Waals surface area contributed by atoms with Crippen molar-refractivity contribution in [1.82, 2.24) is 4.98 Å². The molecule has 0 spiro atoms. The predicted molar refractivity (Wildman–Crippen MR) is 75.7 cm³/mol. The molecule has 1 N–H and O–H groups in total. The molecule has 0 fully saturated rings. The van der Waals surface area contributed by atoms with Crippen molar-refractivity contribution in [3.8, 4) is 0 Å². The number of hydrogen-bond donors (Lipinski definition) is 1. The summed E-state index contributed by atoms with van der Waals surface area (Å²) in [6, 6.07) is 5.49. The SMILES string of the molecule is Cc1sc(C(=O)CCNc2ccncc2)cc1Cl. The van der Waals surface area contributed by atoms with E-state index in [1.54, 1.807) is 18.5 Å². The van der Waals surface area contributed by atoms with Crippen LogP contribution in [0, 0.1) is 6.92 Å². The van der Waals surface area contributed by atoms with Gasteiger partial charge in [0.05, 0.1) is 9.90 Å². The largest absolute Gasteiger partial charge is 0.384 e. The fourth-order valence-electron chi connectivity index (χ4n) is 1.51. The number of aryl methyl sites for hydroxylation is 1.